The van der Waals surface area contributed by atoms with E-state index in [-0.39, 0.29) is 6.04 Å². The summed E-state index contributed by atoms with van der Waals surface area (Å²) in [6.07, 6.45) is 0. The van der Waals surface area contributed by atoms with Crippen molar-refractivity contribution in [2.24, 2.45) is 0 Å². The second-order valence-corrected chi connectivity index (χ2v) is 7.24. The highest BCUT2D eigenvalue weighted by molar-refractivity contribution is 7.89. The summed E-state index contributed by atoms with van der Waals surface area (Å²) in [4.78, 5) is 2.34. The maximum atomic E-state index is 12.5. The molecule has 2 aromatic carbocycles. The number of benzene rings is 2. The summed E-state index contributed by atoms with van der Waals surface area (Å²) in [6.45, 7) is 2.13. The number of rotatable bonds is 6. The highest BCUT2D eigenvalue weighted by Gasteiger charge is 2.20. The quantitative estimate of drug-likeness (QED) is 0.890. The minimum Gasteiger partial charge on any atom is -0.301 e. The average Bonchev–Trinajstić information content (AvgIpc) is 2.48. The summed E-state index contributed by atoms with van der Waals surface area (Å²) in [5.41, 5.74) is 1.83. The van der Waals surface area contributed by atoms with Gasteiger partial charge in [0.15, 0.2) is 0 Å². The molecule has 2 rings (SSSR count). The molecule has 118 valence electrons. The smallest absolute Gasteiger partial charge is 0.240 e. The first-order valence-electron chi connectivity index (χ1n) is 7.18. The third-order valence-electron chi connectivity index (χ3n) is 3.66. The molecule has 0 spiro atoms. The van der Waals surface area contributed by atoms with E-state index in [2.05, 4.69) is 4.72 Å². The molecule has 1 N–H and O–H groups in total. The van der Waals surface area contributed by atoms with E-state index in [1.54, 1.807) is 25.1 Å². The Morgan fingerprint density at radius 2 is 1.59 bits per heavy atom. The van der Waals surface area contributed by atoms with E-state index in [0.717, 1.165) is 11.1 Å². The van der Waals surface area contributed by atoms with Crippen LogP contribution in [0.2, 0.25) is 0 Å². The minimum absolute atomic E-state index is 0.0139. The van der Waals surface area contributed by atoms with E-state index in [0.29, 0.717) is 11.4 Å². The lowest BCUT2D eigenvalue weighted by Gasteiger charge is -2.25. The molecule has 0 saturated carbocycles. The molecule has 0 aliphatic carbocycles. The number of hydrogen-bond donors (Lipinski definition) is 1. The first-order chi connectivity index (χ1) is 10.4. The van der Waals surface area contributed by atoms with Crippen molar-refractivity contribution in [3.05, 3.63) is 65.7 Å². The van der Waals surface area contributed by atoms with Crippen LogP contribution < -0.4 is 4.72 Å². The van der Waals surface area contributed by atoms with Crippen molar-refractivity contribution in [1.82, 2.24) is 9.62 Å². The monoisotopic (exact) mass is 318 g/mol. The number of nitrogens with one attached hydrogen (secondary N) is 1. The van der Waals surface area contributed by atoms with Gasteiger partial charge < -0.3 is 4.90 Å². The number of hydrogen-bond acceptors (Lipinski definition) is 3. The lowest BCUT2D eigenvalue weighted by Crippen LogP contribution is -2.34. The standard InChI is InChI=1S/C17H22N2O2S/c1-14-9-7-8-12-17(14)22(20,21)18-13-16(19(2)3)15-10-5-4-6-11-15/h4-12,16,18H,13H2,1-3H3. The molecule has 0 aliphatic heterocycles. The zero-order chi connectivity index (χ0) is 16.2. The number of sulfonamides is 1. The fraction of sp³-hybridized carbons (Fsp3) is 0.294. The predicted molar refractivity (Wildman–Crippen MR) is 89.2 cm³/mol. The fourth-order valence-electron chi connectivity index (χ4n) is 2.40. The number of nitrogens with zero attached hydrogens (tertiary/aromatic N) is 1. The first kappa shape index (κ1) is 16.7. The Kier molecular flexibility index (Phi) is 5.34. The maximum Gasteiger partial charge on any atom is 0.240 e. The van der Waals surface area contributed by atoms with Crippen molar-refractivity contribution in [3.8, 4) is 0 Å². The third kappa shape index (κ3) is 3.94. The molecule has 0 aliphatic rings. The van der Waals surface area contributed by atoms with Crippen molar-refractivity contribution < 1.29 is 8.42 Å². The summed E-state index contributed by atoms with van der Waals surface area (Å²) in [6, 6.07) is 16.9. The third-order valence-corrected chi connectivity index (χ3v) is 5.24. The van der Waals surface area contributed by atoms with Gasteiger partial charge in [0, 0.05) is 12.6 Å². The largest absolute Gasteiger partial charge is 0.301 e. The van der Waals surface area contributed by atoms with Crippen LogP contribution in [0.4, 0.5) is 0 Å². The minimum atomic E-state index is -3.50. The highest BCUT2D eigenvalue weighted by atomic mass is 32.2. The van der Waals surface area contributed by atoms with Gasteiger partial charge in [-0.15, -0.1) is 0 Å². The molecule has 2 aromatic rings. The van der Waals surface area contributed by atoms with E-state index in [9.17, 15) is 8.42 Å². The Balaban J connectivity index is 2.18. The second-order valence-electron chi connectivity index (χ2n) is 5.51. The van der Waals surface area contributed by atoms with Crippen LogP contribution in [0.15, 0.2) is 59.5 Å². The van der Waals surface area contributed by atoms with Gasteiger partial charge in [-0.05, 0) is 38.2 Å². The molecule has 4 nitrogen and oxygen atoms in total. The Morgan fingerprint density at radius 3 is 2.18 bits per heavy atom. The Bertz CT molecular complexity index is 712. The van der Waals surface area contributed by atoms with E-state index in [4.69, 9.17) is 0 Å². The topological polar surface area (TPSA) is 49.4 Å². The van der Waals surface area contributed by atoms with Gasteiger partial charge in [-0.2, -0.15) is 0 Å². The number of likely N-dealkylation sites (N-methyl/N-ethyl adjacent to an activating group) is 1. The highest BCUT2D eigenvalue weighted by Crippen LogP contribution is 2.19. The van der Waals surface area contributed by atoms with E-state index in [1.807, 2.05) is 55.4 Å². The Labute approximate surface area is 132 Å². The van der Waals surface area contributed by atoms with Gasteiger partial charge in [-0.3, -0.25) is 0 Å². The van der Waals surface area contributed by atoms with Gasteiger partial charge in [0.25, 0.3) is 0 Å². The van der Waals surface area contributed by atoms with Crippen molar-refractivity contribution in [2.75, 3.05) is 20.6 Å². The average molecular weight is 318 g/mol. The Hall–Kier alpha value is -1.69. The van der Waals surface area contributed by atoms with Gasteiger partial charge in [0.1, 0.15) is 0 Å². The summed E-state index contributed by atoms with van der Waals surface area (Å²) in [5.74, 6) is 0. The van der Waals surface area contributed by atoms with Crippen molar-refractivity contribution in [3.63, 3.8) is 0 Å². The van der Waals surface area contributed by atoms with Gasteiger partial charge in [-0.1, -0.05) is 48.5 Å². The van der Waals surface area contributed by atoms with Crippen LogP contribution in [0.25, 0.3) is 0 Å². The van der Waals surface area contributed by atoms with Gasteiger partial charge in [0.05, 0.1) is 4.90 Å². The SMILES string of the molecule is Cc1ccccc1S(=O)(=O)NCC(c1ccccc1)N(C)C. The second kappa shape index (κ2) is 7.05. The van der Waals surface area contributed by atoms with Gasteiger partial charge >= 0.3 is 0 Å². The molecular weight excluding hydrogens is 296 g/mol. The molecule has 1 unspecified atom stereocenters. The molecule has 0 aromatic heterocycles. The summed E-state index contributed by atoms with van der Waals surface area (Å²) < 4.78 is 27.7. The van der Waals surface area contributed by atoms with Crippen LogP contribution in [-0.2, 0) is 10.0 Å². The fourth-order valence-corrected chi connectivity index (χ4v) is 3.68. The molecule has 0 amide bonds. The summed E-state index contributed by atoms with van der Waals surface area (Å²) in [7, 11) is 0.384. The summed E-state index contributed by atoms with van der Waals surface area (Å²) >= 11 is 0. The summed E-state index contributed by atoms with van der Waals surface area (Å²) in [5, 5.41) is 0. The lowest BCUT2D eigenvalue weighted by molar-refractivity contribution is 0.299. The molecule has 0 fully saturated rings. The predicted octanol–water partition coefficient (Wildman–Crippen LogP) is 2.58. The molecule has 0 saturated heterocycles. The molecular formula is C17H22N2O2S. The molecule has 5 heteroatoms. The lowest BCUT2D eigenvalue weighted by atomic mass is 10.1. The van der Waals surface area contributed by atoms with Crippen molar-refractivity contribution in [1.29, 1.82) is 0 Å². The Morgan fingerprint density at radius 1 is 1.00 bits per heavy atom. The van der Waals surface area contributed by atoms with Crippen LogP contribution in [0.1, 0.15) is 17.2 Å². The van der Waals surface area contributed by atoms with E-state index in [1.165, 1.54) is 0 Å². The first-order valence-corrected chi connectivity index (χ1v) is 8.67. The molecule has 1 atom stereocenters. The van der Waals surface area contributed by atoms with E-state index >= 15 is 0 Å². The normalized spacial score (nSPS) is 13.3. The van der Waals surface area contributed by atoms with Crippen molar-refractivity contribution in [2.45, 2.75) is 17.9 Å². The zero-order valence-corrected chi connectivity index (χ0v) is 14.0. The van der Waals surface area contributed by atoms with Gasteiger partial charge in [-0.25, -0.2) is 13.1 Å². The zero-order valence-electron chi connectivity index (χ0n) is 13.2. The molecule has 0 heterocycles. The number of aryl methyl sites for hydroxylation is 1. The molecule has 0 bridgehead atoms. The van der Waals surface area contributed by atoms with E-state index < -0.39 is 10.0 Å². The van der Waals surface area contributed by atoms with Crippen LogP contribution in [0.3, 0.4) is 0 Å². The molecule has 22 heavy (non-hydrogen) atoms. The van der Waals surface area contributed by atoms with Gasteiger partial charge in [0.2, 0.25) is 10.0 Å². The molecule has 0 radical (unpaired) electrons. The van der Waals surface area contributed by atoms with Crippen LogP contribution in [0.5, 0.6) is 0 Å². The maximum absolute atomic E-state index is 12.5. The van der Waals surface area contributed by atoms with Crippen LogP contribution in [-0.4, -0.2) is 34.0 Å². The van der Waals surface area contributed by atoms with Crippen LogP contribution in [0, 0.1) is 6.92 Å². The van der Waals surface area contributed by atoms with Crippen LogP contribution >= 0.6 is 0 Å². The van der Waals surface area contributed by atoms with Crippen molar-refractivity contribution >= 4 is 10.0 Å².